The maximum atomic E-state index is 13.5. The first-order valence-corrected chi connectivity index (χ1v) is 16.8. The third-order valence-electron chi connectivity index (χ3n) is 6.94. The number of nitrogens with one attached hydrogen (secondary N) is 2. The molecule has 0 saturated heterocycles. The van der Waals surface area contributed by atoms with Crippen molar-refractivity contribution in [3.05, 3.63) is 87.2 Å². The number of fused-ring (bicyclic) bond motifs is 1. The Bertz CT molecular complexity index is 1960. The highest BCUT2D eigenvalue weighted by Crippen LogP contribution is 2.37. The summed E-state index contributed by atoms with van der Waals surface area (Å²) in [5.74, 6) is 1.52. The molecule has 13 heteroatoms. The van der Waals surface area contributed by atoms with Crippen molar-refractivity contribution in [3.8, 4) is 22.8 Å². The lowest BCUT2D eigenvalue weighted by Crippen LogP contribution is -2.28. The second kappa shape index (κ2) is 14.9. The van der Waals surface area contributed by atoms with Gasteiger partial charge in [0.25, 0.3) is 0 Å². The molecule has 234 valence electrons. The van der Waals surface area contributed by atoms with Crippen molar-refractivity contribution in [1.29, 1.82) is 0 Å². The van der Waals surface area contributed by atoms with Crippen molar-refractivity contribution >= 4 is 64.8 Å². The van der Waals surface area contributed by atoms with E-state index in [1.54, 1.807) is 13.2 Å². The maximum Gasteiger partial charge on any atom is 0.214 e. The molecule has 3 aromatic carbocycles. The molecule has 5 aromatic rings. The van der Waals surface area contributed by atoms with Crippen LogP contribution >= 0.6 is 27.3 Å². The summed E-state index contributed by atoms with van der Waals surface area (Å²) in [6, 6.07) is 15.7. The van der Waals surface area contributed by atoms with Crippen molar-refractivity contribution in [2.75, 3.05) is 25.5 Å². The summed E-state index contributed by atoms with van der Waals surface area (Å²) in [6.45, 7) is 4.89. The fraction of sp³-hybridized carbons (Fsp3) is 0.250. The average Bonchev–Trinajstić information content (AvgIpc) is 3.48. The predicted molar refractivity (Wildman–Crippen MR) is 181 cm³/mol. The minimum absolute atomic E-state index is 0.0426. The molecular formula is C32H31BrFN5O4S2. The molecule has 0 aliphatic rings. The van der Waals surface area contributed by atoms with E-state index in [2.05, 4.69) is 36.5 Å². The highest BCUT2D eigenvalue weighted by molar-refractivity contribution is 9.10. The van der Waals surface area contributed by atoms with Crippen LogP contribution in [0.3, 0.4) is 0 Å². The van der Waals surface area contributed by atoms with E-state index in [1.165, 1.54) is 29.8 Å². The van der Waals surface area contributed by atoms with Gasteiger partial charge in [0.15, 0.2) is 0 Å². The molecule has 2 N–H and O–H groups in total. The third-order valence-corrected chi connectivity index (χ3v) is 9.51. The molecule has 0 atom stereocenters. The van der Waals surface area contributed by atoms with Crippen LogP contribution in [0.4, 0.5) is 15.9 Å². The van der Waals surface area contributed by atoms with Crippen LogP contribution in [0.15, 0.2) is 70.8 Å². The zero-order valence-corrected chi connectivity index (χ0v) is 28.0. The second-order valence-corrected chi connectivity index (χ2v) is 13.2. The Balaban J connectivity index is 1.32. The number of rotatable bonds is 13. The van der Waals surface area contributed by atoms with E-state index < -0.39 is 10.3 Å². The van der Waals surface area contributed by atoms with Crippen LogP contribution in [0.1, 0.15) is 24.4 Å². The minimum atomic E-state index is -2.20. The van der Waals surface area contributed by atoms with Gasteiger partial charge in [-0.2, -0.15) is 8.42 Å². The molecule has 0 aliphatic carbocycles. The summed E-state index contributed by atoms with van der Waals surface area (Å²) in [6.07, 6.45) is 2.15. The molecule has 0 unspecified atom stereocenters. The summed E-state index contributed by atoms with van der Waals surface area (Å²) >= 11 is 5.11. The van der Waals surface area contributed by atoms with Gasteiger partial charge in [-0.15, -0.1) is 11.3 Å². The van der Waals surface area contributed by atoms with Crippen molar-refractivity contribution in [1.82, 2.24) is 20.3 Å². The summed E-state index contributed by atoms with van der Waals surface area (Å²) in [4.78, 5) is 14.2. The lowest BCUT2D eigenvalue weighted by atomic mass is 10.1. The van der Waals surface area contributed by atoms with Crippen LogP contribution < -0.4 is 20.1 Å². The Kier molecular flexibility index (Phi) is 10.8. The van der Waals surface area contributed by atoms with E-state index in [0.29, 0.717) is 47.2 Å². The predicted octanol–water partition coefficient (Wildman–Crippen LogP) is 6.83. The largest absolute Gasteiger partial charge is 0.496 e. The van der Waals surface area contributed by atoms with Gasteiger partial charge in [0.2, 0.25) is 10.3 Å². The lowest BCUT2D eigenvalue weighted by Gasteiger charge is -2.13. The van der Waals surface area contributed by atoms with Gasteiger partial charge in [0.1, 0.15) is 36.1 Å². The highest BCUT2D eigenvalue weighted by Gasteiger charge is 2.16. The van der Waals surface area contributed by atoms with Gasteiger partial charge in [-0.3, -0.25) is 0 Å². The number of hydrogen-bond donors (Lipinski definition) is 2. The van der Waals surface area contributed by atoms with Gasteiger partial charge in [-0.1, -0.05) is 26.0 Å². The number of halogens is 2. The van der Waals surface area contributed by atoms with E-state index in [9.17, 15) is 12.8 Å². The number of thiazole rings is 1. The molecule has 45 heavy (non-hydrogen) atoms. The fourth-order valence-corrected chi connectivity index (χ4v) is 6.48. The minimum Gasteiger partial charge on any atom is -0.496 e. The molecule has 0 spiro atoms. The first kappa shape index (κ1) is 32.5. The summed E-state index contributed by atoms with van der Waals surface area (Å²) in [7, 11) is -0.589. The van der Waals surface area contributed by atoms with Crippen molar-refractivity contribution < 1.29 is 22.3 Å². The molecule has 0 amide bonds. The smallest absolute Gasteiger partial charge is 0.214 e. The van der Waals surface area contributed by atoms with E-state index >= 15 is 0 Å². The number of ether oxygens (including phenoxy) is 2. The topological polar surface area (TPSA) is 115 Å². The molecular weight excluding hydrogens is 681 g/mol. The Hall–Kier alpha value is -3.91. The standard InChI is InChI=1S/C32H31BrFN5O4S2/c1-19(2)30(45(40)41)15-35-10-9-31-39-27(17-44-31)23-13-24-26(14-29(23)42-3)36-18-37-32(24)38-22-7-8-28(25(33)12-22)43-16-20-5-4-6-21(34)11-20/h4-8,11-14,17-19,35H,9-10,15-16H2,1-3H3,(H,36,37,38). The Labute approximate surface area is 274 Å². The van der Waals surface area contributed by atoms with Gasteiger partial charge < -0.3 is 20.1 Å². The van der Waals surface area contributed by atoms with E-state index in [0.717, 1.165) is 37.4 Å². The van der Waals surface area contributed by atoms with Gasteiger partial charge in [-0.05, 0) is 63.8 Å². The van der Waals surface area contributed by atoms with Crippen LogP contribution in [0, 0.1) is 11.7 Å². The molecule has 5 rings (SSSR count). The molecule has 2 heterocycles. The van der Waals surface area contributed by atoms with Crippen LogP contribution in [-0.2, 0) is 23.3 Å². The van der Waals surface area contributed by atoms with Gasteiger partial charge >= 0.3 is 0 Å². The lowest BCUT2D eigenvalue weighted by molar-refractivity contribution is 0.303. The Morgan fingerprint density at radius 1 is 1.09 bits per heavy atom. The molecule has 0 saturated carbocycles. The molecule has 2 aromatic heterocycles. The van der Waals surface area contributed by atoms with Crippen LogP contribution in [0.5, 0.6) is 11.5 Å². The Morgan fingerprint density at radius 3 is 2.67 bits per heavy atom. The zero-order valence-electron chi connectivity index (χ0n) is 24.8. The summed E-state index contributed by atoms with van der Waals surface area (Å²) in [5.41, 5.74) is 3.79. The van der Waals surface area contributed by atoms with E-state index in [1.807, 2.05) is 55.6 Å². The fourth-order valence-electron chi connectivity index (χ4n) is 4.58. The van der Waals surface area contributed by atoms with Gasteiger partial charge in [-0.25, -0.2) is 19.3 Å². The second-order valence-electron chi connectivity index (χ2n) is 10.4. The third kappa shape index (κ3) is 8.23. The van der Waals surface area contributed by atoms with Crippen LogP contribution in [0.2, 0.25) is 0 Å². The van der Waals surface area contributed by atoms with Crippen LogP contribution in [-0.4, -0.2) is 48.4 Å². The van der Waals surface area contributed by atoms with Crippen molar-refractivity contribution in [3.63, 3.8) is 0 Å². The number of aromatic nitrogens is 3. The molecule has 0 radical (unpaired) electrons. The quantitative estimate of drug-likeness (QED) is 0.100. The molecule has 0 aliphatic heterocycles. The van der Waals surface area contributed by atoms with Gasteiger partial charge in [0.05, 0.1) is 32.7 Å². The number of anilines is 2. The first-order chi connectivity index (χ1) is 21.7. The van der Waals surface area contributed by atoms with Gasteiger partial charge in [0, 0.05) is 47.6 Å². The molecule has 9 nitrogen and oxygen atoms in total. The Morgan fingerprint density at radius 2 is 1.93 bits per heavy atom. The van der Waals surface area contributed by atoms with Crippen molar-refractivity contribution in [2.45, 2.75) is 26.9 Å². The molecule has 0 bridgehead atoms. The average molecular weight is 713 g/mol. The SMILES string of the molecule is COc1cc2ncnc(Nc3ccc(OCc4cccc(F)c4)c(Br)c3)c2cc1-c1csc(CCNCC(C(C)C)=S(=O)=O)n1. The van der Waals surface area contributed by atoms with Crippen LogP contribution in [0.25, 0.3) is 22.2 Å². The number of benzene rings is 3. The number of nitrogens with zero attached hydrogens (tertiary/aromatic N) is 3. The van der Waals surface area contributed by atoms with E-state index in [-0.39, 0.29) is 18.3 Å². The van der Waals surface area contributed by atoms with E-state index in [4.69, 9.17) is 14.5 Å². The first-order valence-electron chi connectivity index (χ1n) is 14.1. The molecule has 0 fully saturated rings. The number of hydrogen-bond acceptors (Lipinski definition) is 10. The monoisotopic (exact) mass is 711 g/mol. The van der Waals surface area contributed by atoms with Crippen molar-refractivity contribution in [2.24, 2.45) is 5.92 Å². The maximum absolute atomic E-state index is 13.5. The highest BCUT2D eigenvalue weighted by atomic mass is 79.9. The zero-order chi connectivity index (χ0) is 31.9. The normalized spacial score (nSPS) is 11.2. The number of methoxy groups -OCH3 is 1. The summed E-state index contributed by atoms with van der Waals surface area (Å²) in [5, 5.41) is 10.3. The summed E-state index contributed by atoms with van der Waals surface area (Å²) < 4.78 is 48.7.